The summed E-state index contributed by atoms with van der Waals surface area (Å²) in [6, 6.07) is 10.3. The fourth-order valence-electron chi connectivity index (χ4n) is 4.14. The van der Waals surface area contributed by atoms with Crippen LogP contribution in [0, 0.1) is 11.8 Å². The molecular formula is C21H28N2O2. The van der Waals surface area contributed by atoms with Crippen molar-refractivity contribution in [1.82, 2.24) is 9.78 Å². The van der Waals surface area contributed by atoms with Crippen molar-refractivity contribution in [2.45, 2.75) is 63.7 Å². The predicted molar refractivity (Wildman–Crippen MR) is 97.5 cm³/mol. The van der Waals surface area contributed by atoms with Crippen LogP contribution < -0.4 is 4.74 Å². The molecule has 0 spiro atoms. The van der Waals surface area contributed by atoms with Crippen molar-refractivity contribution in [1.29, 1.82) is 0 Å². The Kier molecular flexibility index (Phi) is 5.07. The van der Waals surface area contributed by atoms with E-state index in [0.29, 0.717) is 0 Å². The SMILES string of the molecule is O[C@@H]1CCC[C@@H]2C[C@H]2CCC[C@H]1Oc1cnn(Cc2ccccc2)c1. The fourth-order valence-corrected chi connectivity index (χ4v) is 4.14. The van der Waals surface area contributed by atoms with Crippen LogP contribution in [-0.4, -0.2) is 27.1 Å². The normalized spacial score (nSPS) is 29.6. The van der Waals surface area contributed by atoms with E-state index in [0.717, 1.165) is 49.8 Å². The average Bonchev–Trinajstić information content (AvgIpc) is 3.22. The molecule has 1 aromatic carbocycles. The van der Waals surface area contributed by atoms with Crippen molar-refractivity contribution in [3.8, 4) is 5.75 Å². The van der Waals surface area contributed by atoms with Gasteiger partial charge in [0.15, 0.2) is 5.75 Å². The number of fused-ring (bicyclic) bond motifs is 1. The first-order valence-corrected chi connectivity index (χ1v) is 9.69. The van der Waals surface area contributed by atoms with Crippen LogP contribution in [0.2, 0.25) is 0 Å². The van der Waals surface area contributed by atoms with E-state index in [9.17, 15) is 5.11 Å². The van der Waals surface area contributed by atoms with Crippen LogP contribution in [0.4, 0.5) is 0 Å². The Labute approximate surface area is 149 Å². The van der Waals surface area contributed by atoms with Gasteiger partial charge in [-0.15, -0.1) is 0 Å². The summed E-state index contributed by atoms with van der Waals surface area (Å²) in [7, 11) is 0. The van der Waals surface area contributed by atoms with Crippen molar-refractivity contribution in [2.75, 3.05) is 0 Å². The molecule has 25 heavy (non-hydrogen) atoms. The van der Waals surface area contributed by atoms with E-state index in [2.05, 4.69) is 17.2 Å². The average molecular weight is 340 g/mol. The van der Waals surface area contributed by atoms with E-state index in [-0.39, 0.29) is 12.2 Å². The van der Waals surface area contributed by atoms with Gasteiger partial charge in [0.2, 0.25) is 0 Å². The van der Waals surface area contributed by atoms with Gasteiger partial charge in [0.25, 0.3) is 0 Å². The van der Waals surface area contributed by atoms with Crippen molar-refractivity contribution >= 4 is 0 Å². The van der Waals surface area contributed by atoms with Gasteiger partial charge in [-0.05, 0) is 43.1 Å². The van der Waals surface area contributed by atoms with Crippen molar-refractivity contribution in [3.05, 3.63) is 48.3 Å². The molecule has 134 valence electrons. The minimum Gasteiger partial charge on any atom is -0.484 e. The smallest absolute Gasteiger partial charge is 0.157 e. The van der Waals surface area contributed by atoms with Gasteiger partial charge >= 0.3 is 0 Å². The summed E-state index contributed by atoms with van der Waals surface area (Å²) in [6.07, 6.45) is 11.3. The number of ether oxygens (including phenoxy) is 1. The third kappa shape index (κ3) is 4.43. The molecule has 4 nitrogen and oxygen atoms in total. The molecule has 4 rings (SSSR count). The second-order valence-electron chi connectivity index (χ2n) is 7.70. The van der Waals surface area contributed by atoms with Crippen molar-refractivity contribution < 1.29 is 9.84 Å². The highest BCUT2D eigenvalue weighted by Crippen LogP contribution is 2.46. The van der Waals surface area contributed by atoms with E-state index < -0.39 is 0 Å². The number of aromatic nitrogens is 2. The molecule has 2 aromatic rings. The standard InChI is InChI=1S/C21H28N2O2/c24-20-10-4-8-17-12-18(17)9-5-11-21(20)25-19-13-22-23(15-19)14-16-6-2-1-3-7-16/h1-3,6-7,13,15,17-18,20-21,24H,4-5,8-12,14H2/t17-,18-,20-,21-/m1/s1. The zero-order valence-electron chi connectivity index (χ0n) is 14.8. The Bertz CT molecular complexity index is 670. The number of aliphatic hydroxyl groups excluding tert-OH is 1. The summed E-state index contributed by atoms with van der Waals surface area (Å²) in [6.45, 7) is 0.737. The molecule has 1 N–H and O–H groups in total. The Hall–Kier alpha value is -1.81. The molecule has 1 heterocycles. The maximum absolute atomic E-state index is 10.5. The molecule has 1 aromatic heterocycles. The van der Waals surface area contributed by atoms with E-state index in [1.165, 1.54) is 24.8 Å². The number of rotatable bonds is 4. The third-order valence-corrected chi connectivity index (χ3v) is 5.72. The van der Waals surface area contributed by atoms with Crippen LogP contribution in [0.1, 0.15) is 50.5 Å². The molecule has 0 aliphatic heterocycles. The summed E-state index contributed by atoms with van der Waals surface area (Å²) in [5.41, 5.74) is 1.22. The number of nitrogens with zero attached hydrogens (tertiary/aromatic N) is 2. The van der Waals surface area contributed by atoms with Crippen molar-refractivity contribution in [3.63, 3.8) is 0 Å². The Morgan fingerprint density at radius 2 is 1.80 bits per heavy atom. The molecule has 0 bridgehead atoms. The minimum atomic E-state index is -0.368. The zero-order valence-corrected chi connectivity index (χ0v) is 14.8. The second-order valence-corrected chi connectivity index (χ2v) is 7.70. The number of hydrogen-bond acceptors (Lipinski definition) is 3. The van der Waals surface area contributed by atoms with Gasteiger partial charge < -0.3 is 9.84 Å². The molecule has 2 fully saturated rings. The molecule has 0 saturated heterocycles. The lowest BCUT2D eigenvalue weighted by Gasteiger charge is -2.24. The molecule has 2 aliphatic carbocycles. The van der Waals surface area contributed by atoms with Crippen molar-refractivity contribution in [2.24, 2.45) is 11.8 Å². The maximum atomic E-state index is 10.5. The molecule has 0 unspecified atom stereocenters. The van der Waals surface area contributed by atoms with Crippen LogP contribution in [-0.2, 0) is 6.54 Å². The van der Waals surface area contributed by atoms with Gasteiger partial charge in [-0.25, -0.2) is 0 Å². The van der Waals surface area contributed by atoms with Crippen LogP contribution in [0.15, 0.2) is 42.7 Å². The van der Waals surface area contributed by atoms with Crippen LogP contribution in [0.3, 0.4) is 0 Å². The first-order chi connectivity index (χ1) is 12.3. The highest BCUT2D eigenvalue weighted by molar-refractivity contribution is 5.17. The predicted octanol–water partition coefficient (Wildman–Crippen LogP) is 4.03. The lowest BCUT2D eigenvalue weighted by Crippen LogP contribution is -2.32. The first-order valence-electron chi connectivity index (χ1n) is 9.69. The van der Waals surface area contributed by atoms with E-state index >= 15 is 0 Å². The summed E-state index contributed by atoms with van der Waals surface area (Å²) in [5, 5.41) is 14.9. The molecule has 2 saturated carbocycles. The van der Waals surface area contributed by atoms with Gasteiger partial charge in [0.05, 0.1) is 25.0 Å². The van der Waals surface area contributed by atoms with Gasteiger partial charge in [-0.1, -0.05) is 49.6 Å². The van der Waals surface area contributed by atoms with E-state index in [4.69, 9.17) is 4.74 Å². The lowest BCUT2D eigenvalue weighted by atomic mass is 9.97. The summed E-state index contributed by atoms with van der Waals surface area (Å²) in [5.74, 6) is 2.66. The zero-order chi connectivity index (χ0) is 17.1. The van der Waals surface area contributed by atoms with E-state index in [1.54, 1.807) is 6.20 Å². The summed E-state index contributed by atoms with van der Waals surface area (Å²) in [4.78, 5) is 0. The molecule has 2 aliphatic rings. The fraction of sp³-hybridized carbons (Fsp3) is 0.571. The van der Waals surface area contributed by atoms with Crippen LogP contribution in [0.5, 0.6) is 5.75 Å². The van der Waals surface area contributed by atoms with Crippen LogP contribution >= 0.6 is 0 Å². The minimum absolute atomic E-state index is 0.107. The van der Waals surface area contributed by atoms with E-state index in [1.807, 2.05) is 29.1 Å². The maximum Gasteiger partial charge on any atom is 0.157 e. The summed E-state index contributed by atoms with van der Waals surface area (Å²) < 4.78 is 8.03. The Morgan fingerprint density at radius 3 is 2.60 bits per heavy atom. The van der Waals surface area contributed by atoms with Gasteiger partial charge in [0.1, 0.15) is 6.10 Å². The molecule has 4 heteroatoms. The number of hydrogen-bond donors (Lipinski definition) is 1. The highest BCUT2D eigenvalue weighted by Gasteiger charge is 2.37. The lowest BCUT2D eigenvalue weighted by molar-refractivity contribution is 0.0216. The van der Waals surface area contributed by atoms with Gasteiger partial charge in [-0.2, -0.15) is 5.10 Å². The highest BCUT2D eigenvalue weighted by atomic mass is 16.5. The quantitative estimate of drug-likeness (QED) is 0.914. The molecule has 0 amide bonds. The van der Waals surface area contributed by atoms with Gasteiger partial charge in [-0.3, -0.25) is 4.68 Å². The Morgan fingerprint density at radius 1 is 1.04 bits per heavy atom. The number of benzene rings is 1. The first kappa shape index (κ1) is 16.6. The largest absolute Gasteiger partial charge is 0.484 e. The van der Waals surface area contributed by atoms with Crippen LogP contribution in [0.25, 0.3) is 0 Å². The monoisotopic (exact) mass is 340 g/mol. The van der Waals surface area contributed by atoms with Gasteiger partial charge in [0, 0.05) is 0 Å². The topological polar surface area (TPSA) is 47.3 Å². The molecule has 4 atom stereocenters. The number of aliphatic hydroxyl groups is 1. The third-order valence-electron chi connectivity index (χ3n) is 5.72. The Balaban J connectivity index is 1.36. The molecular weight excluding hydrogens is 312 g/mol. The second kappa shape index (κ2) is 7.61. The summed E-state index contributed by atoms with van der Waals surface area (Å²) >= 11 is 0. The molecule has 0 radical (unpaired) electrons.